The Hall–Kier alpha value is -1.90. The maximum absolute atomic E-state index is 5.29. The summed E-state index contributed by atoms with van der Waals surface area (Å²) in [7, 11) is -0.398. The zero-order chi connectivity index (χ0) is 10.7. The highest BCUT2D eigenvalue weighted by Gasteiger charge is 2.28. The number of benzene rings is 1. The van der Waals surface area contributed by atoms with E-state index < -0.39 is 7.12 Å². The molecule has 2 nitrogen and oxygen atoms in total. The van der Waals surface area contributed by atoms with Gasteiger partial charge in [0.25, 0.3) is 0 Å². The van der Waals surface area contributed by atoms with Crippen molar-refractivity contribution in [3.05, 3.63) is 66.5 Å². The Labute approximate surface area is 89.7 Å². The van der Waals surface area contributed by atoms with Crippen LogP contribution in [0.5, 0.6) is 0 Å². The predicted molar refractivity (Wildman–Crippen MR) is 61.7 cm³/mol. The van der Waals surface area contributed by atoms with Crippen LogP contribution in [-0.2, 0) is 9.31 Å². The second kappa shape index (κ2) is 4.09. The summed E-state index contributed by atoms with van der Waals surface area (Å²) in [6.45, 7) is 7.32. The fraction of sp³-hybridized carbons (Fsp3) is 0. The highest BCUT2D eigenvalue weighted by molar-refractivity contribution is 6.53. The van der Waals surface area contributed by atoms with E-state index in [0.29, 0.717) is 11.5 Å². The first kappa shape index (κ1) is 9.65. The summed E-state index contributed by atoms with van der Waals surface area (Å²) in [6, 6.07) is 9.95. The minimum atomic E-state index is -0.398. The molecule has 0 radical (unpaired) electrons. The standard InChI is InChI=1S/C12H11BO2/c1-10-11(2)15-13(14-10)9-8-12-6-4-3-5-7-12/h3-9H,1-2H2/b9-8+. The molecule has 1 heterocycles. The number of rotatable bonds is 2. The minimum absolute atomic E-state index is 0.398. The molecule has 0 amide bonds. The zero-order valence-corrected chi connectivity index (χ0v) is 8.35. The molecule has 1 fully saturated rings. The van der Waals surface area contributed by atoms with Gasteiger partial charge < -0.3 is 9.31 Å². The van der Waals surface area contributed by atoms with E-state index in [2.05, 4.69) is 13.2 Å². The molecule has 1 aliphatic rings. The molecule has 3 heteroatoms. The van der Waals surface area contributed by atoms with Crippen molar-refractivity contribution in [1.82, 2.24) is 0 Å². The quantitative estimate of drug-likeness (QED) is 0.680. The first-order chi connectivity index (χ1) is 7.25. The maximum atomic E-state index is 5.29. The van der Waals surface area contributed by atoms with Crippen molar-refractivity contribution in [2.45, 2.75) is 0 Å². The van der Waals surface area contributed by atoms with Gasteiger partial charge in [0.2, 0.25) is 0 Å². The summed E-state index contributed by atoms with van der Waals surface area (Å²) in [5.74, 6) is 2.83. The summed E-state index contributed by atoms with van der Waals surface area (Å²) in [5.41, 5.74) is 1.10. The van der Waals surface area contributed by atoms with Crippen LogP contribution in [0.15, 0.2) is 61.0 Å². The molecule has 0 N–H and O–H groups in total. The molecule has 74 valence electrons. The Morgan fingerprint density at radius 1 is 1.00 bits per heavy atom. The third-order valence-electron chi connectivity index (χ3n) is 2.07. The van der Waals surface area contributed by atoms with Crippen molar-refractivity contribution in [2.24, 2.45) is 0 Å². The zero-order valence-electron chi connectivity index (χ0n) is 8.35. The minimum Gasteiger partial charge on any atom is -0.520 e. The van der Waals surface area contributed by atoms with E-state index in [-0.39, 0.29) is 0 Å². The maximum Gasteiger partial charge on any atom is 0.625 e. The van der Waals surface area contributed by atoms with Gasteiger partial charge in [-0.2, -0.15) is 0 Å². The smallest absolute Gasteiger partial charge is 0.520 e. The molecule has 15 heavy (non-hydrogen) atoms. The molecule has 0 spiro atoms. The van der Waals surface area contributed by atoms with Gasteiger partial charge in [-0.1, -0.05) is 49.6 Å². The van der Waals surface area contributed by atoms with Gasteiger partial charge in [-0.3, -0.25) is 0 Å². The van der Waals surface area contributed by atoms with Crippen LogP contribution in [-0.4, -0.2) is 7.12 Å². The van der Waals surface area contributed by atoms with Gasteiger partial charge in [0.05, 0.1) is 0 Å². The molecule has 0 bridgehead atoms. The second-order valence-electron chi connectivity index (χ2n) is 3.22. The molecule has 0 atom stereocenters. The third-order valence-corrected chi connectivity index (χ3v) is 2.07. The topological polar surface area (TPSA) is 18.5 Å². The fourth-order valence-corrected chi connectivity index (χ4v) is 1.27. The highest BCUT2D eigenvalue weighted by Crippen LogP contribution is 2.21. The van der Waals surface area contributed by atoms with Crippen molar-refractivity contribution >= 4 is 13.2 Å². The van der Waals surface area contributed by atoms with E-state index in [1.165, 1.54) is 0 Å². The molecule has 1 saturated heterocycles. The van der Waals surface area contributed by atoms with Crippen molar-refractivity contribution in [3.8, 4) is 0 Å². The predicted octanol–water partition coefficient (Wildman–Crippen LogP) is 2.80. The summed E-state index contributed by atoms with van der Waals surface area (Å²) in [6.07, 6.45) is 1.94. The van der Waals surface area contributed by atoms with E-state index in [9.17, 15) is 0 Å². The molecule has 2 rings (SSSR count). The van der Waals surface area contributed by atoms with Gasteiger partial charge in [0.15, 0.2) is 0 Å². The lowest BCUT2D eigenvalue weighted by Crippen LogP contribution is -2.08. The van der Waals surface area contributed by atoms with Gasteiger partial charge in [-0.25, -0.2) is 0 Å². The van der Waals surface area contributed by atoms with Gasteiger partial charge in [0, 0.05) is 0 Å². The number of hydrogen-bond donors (Lipinski definition) is 0. The molecular formula is C12H11BO2. The summed E-state index contributed by atoms with van der Waals surface area (Å²) in [5, 5.41) is 0. The van der Waals surface area contributed by atoms with E-state index in [4.69, 9.17) is 9.31 Å². The second-order valence-corrected chi connectivity index (χ2v) is 3.22. The van der Waals surface area contributed by atoms with E-state index >= 15 is 0 Å². The summed E-state index contributed by atoms with van der Waals surface area (Å²) < 4.78 is 10.6. The lowest BCUT2D eigenvalue weighted by Gasteiger charge is -1.96. The van der Waals surface area contributed by atoms with Gasteiger partial charge in [-0.05, 0) is 11.5 Å². The van der Waals surface area contributed by atoms with Crippen molar-refractivity contribution < 1.29 is 9.31 Å². The largest absolute Gasteiger partial charge is 0.625 e. The average Bonchev–Trinajstić information content (AvgIpc) is 2.57. The lowest BCUT2D eigenvalue weighted by atomic mass is 9.89. The van der Waals surface area contributed by atoms with Crippen LogP contribution in [0.1, 0.15) is 5.56 Å². The normalized spacial score (nSPS) is 15.6. The Balaban J connectivity index is 2.02. The van der Waals surface area contributed by atoms with Gasteiger partial charge in [0.1, 0.15) is 11.5 Å². The first-order valence-electron chi connectivity index (χ1n) is 4.70. The van der Waals surface area contributed by atoms with Crippen LogP contribution in [0.3, 0.4) is 0 Å². The van der Waals surface area contributed by atoms with Crippen molar-refractivity contribution in [3.63, 3.8) is 0 Å². The SMILES string of the molecule is C=C1OB(/C=C/c2ccccc2)OC1=C. The summed E-state index contributed by atoms with van der Waals surface area (Å²) >= 11 is 0. The van der Waals surface area contributed by atoms with Gasteiger partial charge >= 0.3 is 7.12 Å². The third kappa shape index (κ3) is 2.32. The summed E-state index contributed by atoms with van der Waals surface area (Å²) in [4.78, 5) is 0. The fourth-order valence-electron chi connectivity index (χ4n) is 1.27. The Morgan fingerprint density at radius 2 is 1.60 bits per heavy atom. The Bertz CT molecular complexity index is 393. The molecule has 0 aromatic heterocycles. The molecule has 0 unspecified atom stereocenters. The van der Waals surface area contributed by atoms with E-state index in [1.807, 2.05) is 42.4 Å². The molecular weight excluding hydrogens is 187 g/mol. The molecule has 0 saturated carbocycles. The van der Waals surface area contributed by atoms with Crippen molar-refractivity contribution in [2.75, 3.05) is 0 Å². The van der Waals surface area contributed by atoms with Crippen LogP contribution in [0, 0.1) is 0 Å². The van der Waals surface area contributed by atoms with Crippen LogP contribution < -0.4 is 0 Å². The van der Waals surface area contributed by atoms with Crippen LogP contribution in [0.2, 0.25) is 0 Å². The lowest BCUT2D eigenvalue weighted by molar-refractivity contribution is 0.430. The van der Waals surface area contributed by atoms with E-state index in [1.54, 1.807) is 0 Å². The van der Waals surface area contributed by atoms with Crippen LogP contribution >= 0.6 is 0 Å². The molecule has 1 aliphatic heterocycles. The Kier molecular flexibility index (Phi) is 2.63. The Morgan fingerprint density at radius 3 is 2.20 bits per heavy atom. The van der Waals surface area contributed by atoms with Crippen LogP contribution in [0.25, 0.3) is 6.08 Å². The van der Waals surface area contributed by atoms with E-state index in [0.717, 1.165) is 5.56 Å². The molecule has 1 aromatic rings. The highest BCUT2D eigenvalue weighted by atomic mass is 16.6. The molecule has 1 aromatic carbocycles. The first-order valence-corrected chi connectivity index (χ1v) is 4.70. The molecule has 0 aliphatic carbocycles. The van der Waals surface area contributed by atoms with Crippen molar-refractivity contribution in [1.29, 1.82) is 0 Å². The van der Waals surface area contributed by atoms with Gasteiger partial charge in [-0.15, -0.1) is 0 Å². The van der Waals surface area contributed by atoms with Crippen LogP contribution in [0.4, 0.5) is 0 Å². The monoisotopic (exact) mass is 198 g/mol. The number of hydrogen-bond acceptors (Lipinski definition) is 2. The average molecular weight is 198 g/mol.